The number of carbonyl (C=O) groups excluding carboxylic acids is 1. The van der Waals surface area contributed by atoms with Crippen molar-refractivity contribution in [1.29, 1.82) is 0 Å². The predicted molar refractivity (Wildman–Crippen MR) is 105 cm³/mol. The van der Waals surface area contributed by atoms with Gasteiger partial charge < -0.3 is 19.2 Å². The van der Waals surface area contributed by atoms with Crippen LogP contribution in [-0.2, 0) is 20.7 Å². The number of carbonyl (C=O) groups is 1. The Balaban J connectivity index is 1.52. The Bertz CT molecular complexity index is 963. The third-order valence-corrected chi connectivity index (χ3v) is 6.64. The van der Waals surface area contributed by atoms with Crippen LogP contribution in [0.4, 0.5) is 0 Å². The first kappa shape index (κ1) is 17.6. The lowest BCUT2D eigenvalue weighted by molar-refractivity contribution is -0.141. The minimum absolute atomic E-state index is 0.124. The first-order chi connectivity index (χ1) is 13.5. The molecule has 3 aliphatic heterocycles. The third-order valence-electron chi connectivity index (χ3n) is 6.64. The first-order valence-electron chi connectivity index (χ1n) is 10.0. The summed E-state index contributed by atoms with van der Waals surface area (Å²) in [5.41, 5.74) is 3.84. The van der Waals surface area contributed by atoms with Crippen LogP contribution in [0.15, 0.2) is 30.2 Å². The normalized spacial score (nSPS) is 29.2. The zero-order valence-electron chi connectivity index (χ0n) is 16.5. The molecule has 0 saturated carbocycles. The number of piperidine rings is 1. The van der Waals surface area contributed by atoms with Gasteiger partial charge in [0, 0.05) is 54.5 Å². The molecule has 2 aromatic rings. The molecule has 1 aromatic carbocycles. The van der Waals surface area contributed by atoms with Crippen LogP contribution < -0.4 is 4.74 Å². The van der Waals surface area contributed by atoms with E-state index in [1.165, 1.54) is 23.6 Å². The van der Waals surface area contributed by atoms with E-state index >= 15 is 0 Å². The van der Waals surface area contributed by atoms with Crippen LogP contribution in [0.25, 0.3) is 10.9 Å². The average molecular weight is 382 g/mol. The Labute approximate surface area is 164 Å². The fourth-order valence-corrected chi connectivity index (χ4v) is 5.26. The fourth-order valence-electron chi connectivity index (χ4n) is 5.26. The van der Waals surface area contributed by atoms with E-state index < -0.39 is 0 Å². The highest BCUT2D eigenvalue weighted by Crippen LogP contribution is 2.47. The summed E-state index contributed by atoms with van der Waals surface area (Å²) in [5, 5.41) is 1.29. The summed E-state index contributed by atoms with van der Waals surface area (Å²) in [6.45, 7) is 5.56. The molecular formula is C22H26N2O4. The van der Waals surface area contributed by atoms with Crippen LogP contribution in [0.2, 0.25) is 0 Å². The molecule has 148 valence electrons. The lowest BCUT2D eigenvalue weighted by Crippen LogP contribution is -2.51. The molecule has 0 radical (unpaired) electrons. The molecule has 5 rings (SSSR count). The molecule has 4 heterocycles. The summed E-state index contributed by atoms with van der Waals surface area (Å²) in [6.07, 6.45) is 3.74. The summed E-state index contributed by atoms with van der Waals surface area (Å²) in [7, 11) is 1.70. The molecule has 0 amide bonds. The minimum atomic E-state index is -0.285. The van der Waals surface area contributed by atoms with E-state index in [9.17, 15) is 4.79 Å². The molecular weight excluding hydrogens is 356 g/mol. The van der Waals surface area contributed by atoms with Gasteiger partial charge in [-0.1, -0.05) is 0 Å². The van der Waals surface area contributed by atoms with Crippen LogP contribution in [0.1, 0.15) is 37.6 Å². The van der Waals surface area contributed by atoms with Gasteiger partial charge in [-0.2, -0.15) is 0 Å². The number of rotatable bonds is 2. The van der Waals surface area contributed by atoms with Gasteiger partial charge in [0.15, 0.2) is 0 Å². The quantitative estimate of drug-likeness (QED) is 0.805. The molecule has 1 N–H and O–H groups in total. The van der Waals surface area contributed by atoms with Crippen molar-refractivity contribution >= 4 is 16.9 Å². The van der Waals surface area contributed by atoms with E-state index in [1.807, 2.05) is 6.07 Å². The Morgan fingerprint density at radius 3 is 3.00 bits per heavy atom. The number of esters is 1. The predicted octanol–water partition coefficient (Wildman–Crippen LogP) is 3.54. The Morgan fingerprint density at radius 1 is 1.36 bits per heavy atom. The minimum Gasteiger partial charge on any atom is -0.497 e. The van der Waals surface area contributed by atoms with E-state index in [0.717, 1.165) is 37.2 Å². The molecule has 1 fully saturated rings. The third kappa shape index (κ3) is 2.70. The van der Waals surface area contributed by atoms with E-state index in [4.69, 9.17) is 14.2 Å². The first-order valence-corrected chi connectivity index (χ1v) is 10.0. The zero-order chi connectivity index (χ0) is 19.4. The number of benzene rings is 1. The van der Waals surface area contributed by atoms with E-state index in [0.29, 0.717) is 17.7 Å². The SMILES string of the molecule is COc1ccc2c3c([nH]c2c1)[C@H]1C[C@H]2C(OC(C)=O)=CO[C@H](C)[C@@H]2CN1CC3. The molecule has 0 spiro atoms. The molecule has 1 saturated heterocycles. The summed E-state index contributed by atoms with van der Waals surface area (Å²) < 4.78 is 16.7. The van der Waals surface area contributed by atoms with Gasteiger partial charge in [-0.15, -0.1) is 0 Å². The van der Waals surface area contributed by atoms with Crippen molar-refractivity contribution in [2.24, 2.45) is 11.8 Å². The topological polar surface area (TPSA) is 63.8 Å². The Morgan fingerprint density at radius 2 is 2.21 bits per heavy atom. The summed E-state index contributed by atoms with van der Waals surface area (Å²) >= 11 is 0. The highest BCUT2D eigenvalue weighted by atomic mass is 16.6. The smallest absolute Gasteiger partial charge is 0.307 e. The summed E-state index contributed by atoms with van der Waals surface area (Å²) in [6, 6.07) is 6.56. The van der Waals surface area contributed by atoms with Gasteiger partial charge in [0.1, 0.15) is 17.8 Å². The summed E-state index contributed by atoms with van der Waals surface area (Å²) in [5.74, 6) is 1.79. The van der Waals surface area contributed by atoms with Crippen molar-refractivity contribution in [2.75, 3.05) is 20.2 Å². The van der Waals surface area contributed by atoms with Crippen molar-refractivity contribution in [3.05, 3.63) is 41.5 Å². The monoisotopic (exact) mass is 382 g/mol. The van der Waals surface area contributed by atoms with E-state index in [2.05, 4.69) is 28.9 Å². The number of hydrogen-bond donors (Lipinski definition) is 1. The number of nitrogens with one attached hydrogen (secondary N) is 1. The second-order valence-electron chi connectivity index (χ2n) is 8.15. The zero-order valence-corrected chi connectivity index (χ0v) is 16.5. The van der Waals surface area contributed by atoms with Crippen molar-refractivity contribution in [3.63, 3.8) is 0 Å². The second-order valence-corrected chi connectivity index (χ2v) is 8.15. The standard InChI is InChI=1S/C22H26N2O4/c1-12-18-10-24-7-6-16-15-5-4-14(26-3)8-19(15)23-22(16)20(24)9-17(18)21(11-27-12)28-13(2)25/h4-5,8,11-12,17-18,20,23H,6-7,9-10H2,1-3H3/t12-,17-,18+,20-/m1/s1. The van der Waals surface area contributed by atoms with E-state index in [1.54, 1.807) is 13.4 Å². The Hall–Kier alpha value is -2.47. The van der Waals surface area contributed by atoms with Gasteiger partial charge in [-0.25, -0.2) is 0 Å². The van der Waals surface area contributed by atoms with Gasteiger partial charge in [0.25, 0.3) is 0 Å². The maximum Gasteiger partial charge on any atom is 0.307 e. The van der Waals surface area contributed by atoms with Gasteiger partial charge in [0.05, 0.1) is 19.3 Å². The molecule has 28 heavy (non-hydrogen) atoms. The van der Waals surface area contributed by atoms with Gasteiger partial charge in [0.2, 0.25) is 0 Å². The molecule has 1 aromatic heterocycles. The second kappa shape index (κ2) is 6.55. The van der Waals surface area contributed by atoms with Crippen LogP contribution in [0.5, 0.6) is 5.75 Å². The number of methoxy groups -OCH3 is 1. The number of aromatic amines is 1. The maximum atomic E-state index is 11.6. The van der Waals surface area contributed by atoms with Crippen LogP contribution in [0.3, 0.4) is 0 Å². The van der Waals surface area contributed by atoms with Crippen LogP contribution >= 0.6 is 0 Å². The fraction of sp³-hybridized carbons (Fsp3) is 0.500. The average Bonchev–Trinajstić information content (AvgIpc) is 3.07. The molecule has 6 heteroatoms. The Kier molecular flexibility index (Phi) is 4.12. The molecule has 0 aliphatic carbocycles. The lowest BCUT2D eigenvalue weighted by Gasteiger charge is -2.49. The highest BCUT2D eigenvalue weighted by molar-refractivity contribution is 5.86. The van der Waals surface area contributed by atoms with E-state index in [-0.39, 0.29) is 18.0 Å². The van der Waals surface area contributed by atoms with Crippen LogP contribution in [-0.4, -0.2) is 42.2 Å². The number of aromatic nitrogens is 1. The number of fused-ring (bicyclic) bond motifs is 6. The van der Waals surface area contributed by atoms with Gasteiger partial charge in [-0.05, 0) is 37.5 Å². The van der Waals surface area contributed by atoms with Crippen molar-refractivity contribution < 1.29 is 19.0 Å². The summed E-state index contributed by atoms with van der Waals surface area (Å²) in [4.78, 5) is 17.8. The lowest BCUT2D eigenvalue weighted by atomic mass is 9.74. The molecule has 0 bridgehead atoms. The van der Waals surface area contributed by atoms with Crippen LogP contribution in [0, 0.1) is 11.8 Å². The largest absolute Gasteiger partial charge is 0.497 e. The molecule has 6 nitrogen and oxygen atoms in total. The number of hydrogen-bond acceptors (Lipinski definition) is 5. The van der Waals surface area contributed by atoms with Crippen molar-refractivity contribution in [1.82, 2.24) is 9.88 Å². The molecule has 3 aliphatic rings. The highest BCUT2D eigenvalue weighted by Gasteiger charge is 2.46. The van der Waals surface area contributed by atoms with Crippen molar-refractivity contribution in [2.45, 2.75) is 38.8 Å². The number of H-pyrrole nitrogens is 1. The van der Waals surface area contributed by atoms with Crippen molar-refractivity contribution in [3.8, 4) is 5.75 Å². The van der Waals surface area contributed by atoms with Gasteiger partial charge >= 0.3 is 5.97 Å². The molecule has 4 atom stereocenters. The number of ether oxygens (including phenoxy) is 3. The number of allylic oxidation sites excluding steroid dienone is 1. The van der Waals surface area contributed by atoms with Gasteiger partial charge in [-0.3, -0.25) is 9.69 Å². The maximum absolute atomic E-state index is 11.6. The number of nitrogens with zero attached hydrogens (tertiary/aromatic N) is 1. The molecule has 0 unspecified atom stereocenters.